The number of rotatable bonds is 7. The summed E-state index contributed by atoms with van der Waals surface area (Å²) in [4.78, 5) is 5.37. The molecule has 0 aliphatic heterocycles. The number of aliphatic hydroxyl groups is 2. The maximum absolute atomic E-state index is 12.0. The Morgan fingerprint density at radius 3 is 2.32 bits per heavy atom. The number of fused-ring (bicyclic) bond motifs is 1. The molecular formula is C33H49NO3Si. The molecule has 0 bridgehead atoms. The summed E-state index contributed by atoms with van der Waals surface area (Å²) in [5.41, 5.74) is 8.64. The quantitative estimate of drug-likeness (QED) is 0.350. The highest BCUT2D eigenvalue weighted by molar-refractivity contribution is 6.74. The molecule has 4 nitrogen and oxygen atoms in total. The number of hydrogen-bond acceptors (Lipinski definition) is 4. The second-order valence-corrected chi connectivity index (χ2v) is 18.9. The standard InChI is InChI=1S/C33H49NO3Si/c1-21(2)30-29(31(36)24-16-14-22(20-35)15-17-24)27(23-12-10-11-13-23)28-25(34-30)18-33(6,7)19-26(28)37-38(8,9)32(3,4)5/h12,14-17,21,26,31,35-36H,10-11,13,18-20H2,1-9H3/t26?,31-/m1/s1. The normalized spacial score (nSPS) is 20.4. The summed E-state index contributed by atoms with van der Waals surface area (Å²) in [7, 11) is -2.07. The first-order chi connectivity index (χ1) is 17.6. The number of pyridine rings is 1. The minimum atomic E-state index is -2.07. The van der Waals surface area contributed by atoms with Gasteiger partial charge in [0, 0.05) is 22.5 Å². The van der Waals surface area contributed by atoms with Crippen molar-refractivity contribution in [2.75, 3.05) is 0 Å². The summed E-state index contributed by atoms with van der Waals surface area (Å²) in [6, 6.07) is 7.69. The second kappa shape index (κ2) is 10.6. The Morgan fingerprint density at radius 1 is 1.13 bits per heavy atom. The lowest BCUT2D eigenvalue weighted by atomic mass is 9.71. The number of allylic oxidation sites excluding steroid dienone is 2. The van der Waals surface area contributed by atoms with Crippen LogP contribution in [0.25, 0.3) is 5.57 Å². The largest absolute Gasteiger partial charge is 0.410 e. The van der Waals surface area contributed by atoms with Gasteiger partial charge >= 0.3 is 0 Å². The topological polar surface area (TPSA) is 62.6 Å². The lowest BCUT2D eigenvalue weighted by Crippen LogP contribution is -2.44. The summed E-state index contributed by atoms with van der Waals surface area (Å²) < 4.78 is 7.24. The van der Waals surface area contributed by atoms with Gasteiger partial charge in [0.1, 0.15) is 6.10 Å². The lowest BCUT2D eigenvalue weighted by molar-refractivity contribution is 0.105. The molecule has 38 heavy (non-hydrogen) atoms. The van der Waals surface area contributed by atoms with E-state index in [9.17, 15) is 10.2 Å². The Kier molecular flexibility index (Phi) is 8.18. The zero-order valence-electron chi connectivity index (χ0n) is 25.1. The van der Waals surface area contributed by atoms with Crippen molar-refractivity contribution in [3.8, 4) is 0 Å². The first-order valence-electron chi connectivity index (χ1n) is 14.5. The van der Waals surface area contributed by atoms with Crippen molar-refractivity contribution in [1.29, 1.82) is 0 Å². The van der Waals surface area contributed by atoms with Crippen LogP contribution < -0.4 is 0 Å². The Labute approximate surface area is 231 Å². The van der Waals surface area contributed by atoms with Crippen LogP contribution in [0.15, 0.2) is 30.3 Å². The van der Waals surface area contributed by atoms with Gasteiger partial charge in [-0.15, -0.1) is 0 Å². The van der Waals surface area contributed by atoms with Crippen LogP contribution in [0.3, 0.4) is 0 Å². The van der Waals surface area contributed by atoms with Crippen molar-refractivity contribution >= 4 is 13.9 Å². The van der Waals surface area contributed by atoms with E-state index in [0.29, 0.717) is 0 Å². The fourth-order valence-corrected chi connectivity index (χ4v) is 7.13. The van der Waals surface area contributed by atoms with Gasteiger partial charge in [-0.1, -0.05) is 78.8 Å². The van der Waals surface area contributed by atoms with Crippen LogP contribution in [0.4, 0.5) is 0 Å². The third-order valence-electron chi connectivity index (χ3n) is 8.99. The lowest BCUT2D eigenvalue weighted by Gasteiger charge is -2.45. The van der Waals surface area contributed by atoms with Crippen LogP contribution in [0.2, 0.25) is 18.1 Å². The monoisotopic (exact) mass is 535 g/mol. The van der Waals surface area contributed by atoms with Crippen molar-refractivity contribution in [2.45, 2.75) is 123 Å². The van der Waals surface area contributed by atoms with Crippen LogP contribution >= 0.6 is 0 Å². The van der Waals surface area contributed by atoms with Crippen LogP contribution in [-0.2, 0) is 17.5 Å². The highest BCUT2D eigenvalue weighted by atomic mass is 28.4. The number of aromatic nitrogens is 1. The average molecular weight is 536 g/mol. The predicted molar refractivity (Wildman–Crippen MR) is 160 cm³/mol. The SMILES string of the molecule is CC(C)c1nc2c(c(C3=CCCC3)c1[C@H](O)c1ccc(CO)cc1)C(O[Si](C)(C)C(C)(C)C)CC(C)(C)C2. The minimum Gasteiger partial charge on any atom is -0.410 e. The summed E-state index contributed by atoms with van der Waals surface area (Å²) in [5.74, 6) is 0.173. The molecule has 2 N–H and O–H groups in total. The molecule has 0 spiro atoms. The Balaban J connectivity index is 2.00. The zero-order valence-corrected chi connectivity index (χ0v) is 26.1. The van der Waals surface area contributed by atoms with E-state index in [1.807, 2.05) is 24.3 Å². The smallest absolute Gasteiger partial charge is 0.192 e. The molecule has 0 amide bonds. The van der Waals surface area contributed by atoms with Gasteiger partial charge in [0.25, 0.3) is 0 Å². The second-order valence-electron chi connectivity index (χ2n) is 14.1. The molecule has 5 heteroatoms. The van der Waals surface area contributed by atoms with Crippen LogP contribution in [0, 0.1) is 5.41 Å². The molecule has 2 aliphatic carbocycles. The molecule has 208 valence electrons. The van der Waals surface area contributed by atoms with E-state index in [-0.39, 0.29) is 29.1 Å². The third-order valence-corrected chi connectivity index (χ3v) is 13.5. The molecule has 0 radical (unpaired) electrons. The number of aliphatic hydroxyl groups excluding tert-OH is 2. The molecule has 1 heterocycles. The van der Waals surface area contributed by atoms with Gasteiger partial charge in [-0.2, -0.15) is 0 Å². The summed E-state index contributed by atoms with van der Waals surface area (Å²) in [6.45, 7) is 20.7. The van der Waals surface area contributed by atoms with Crippen molar-refractivity contribution in [3.05, 3.63) is 69.5 Å². The Bertz CT molecular complexity index is 1190. The van der Waals surface area contributed by atoms with Crippen LogP contribution in [0.1, 0.15) is 131 Å². The van der Waals surface area contributed by atoms with E-state index in [2.05, 4.69) is 67.6 Å². The van der Waals surface area contributed by atoms with E-state index in [1.54, 1.807) is 0 Å². The molecule has 0 saturated carbocycles. The first kappa shape index (κ1) is 29.2. The van der Waals surface area contributed by atoms with Gasteiger partial charge in [0.2, 0.25) is 0 Å². The van der Waals surface area contributed by atoms with Crippen molar-refractivity contribution in [1.82, 2.24) is 4.98 Å². The Morgan fingerprint density at radius 2 is 1.79 bits per heavy atom. The summed E-state index contributed by atoms with van der Waals surface area (Å²) in [5, 5.41) is 21.7. The van der Waals surface area contributed by atoms with E-state index < -0.39 is 14.4 Å². The fourth-order valence-electron chi connectivity index (χ4n) is 5.86. The van der Waals surface area contributed by atoms with Gasteiger partial charge in [0.15, 0.2) is 8.32 Å². The molecule has 2 aromatic rings. The van der Waals surface area contributed by atoms with Crippen LogP contribution in [0.5, 0.6) is 0 Å². The predicted octanol–water partition coefficient (Wildman–Crippen LogP) is 8.38. The fraction of sp³-hybridized carbons (Fsp3) is 0.606. The number of benzene rings is 1. The number of hydrogen-bond donors (Lipinski definition) is 2. The van der Waals surface area contributed by atoms with Gasteiger partial charge in [0.05, 0.1) is 12.7 Å². The molecule has 4 rings (SSSR count). The van der Waals surface area contributed by atoms with Gasteiger partial charge in [-0.3, -0.25) is 4.98 Å². The zero-order chi connectivity index (χ0) is 28.0. The van der Waals surface area contributed by atoms with Gasteiger partial charge < -0.3 is 14.6 Å². The molecule has 1 aromatic heterocycles. The van der Waals surface area contributed by atoms with Crippen molar-refractivity contribution in [2.24, 2.45) is 5.41 Å². The highest BCUT2D eigenvalue weighted by Gasteiger charge is 2.45. The van der Waals surface area contributed by atoms with E-state index in [0.717, 1.165) is 60.2 Å². The van der Waals surface area contributed by atoms with Crippen molar-refractivity contribution in [3.63, 3.8) is 0 Å². The average Bonchev–Trinajstić information content (AvgIpc) is 3.35. The molecule has 1 unspecified atom stereocenters. The first-order valence-corrected chi connectivity index (χ1v) is 17.4. The maximum atomic E-state index is 12.0. The van der Waals surface area contributed by atoms with E-state index >= 15 is 0 Å². The minimum absolute atomic E-state index is 0.00554. The molecular weight excluding hydrogens is 486 g/mol. The summed E-state index contributed by atoms with van der Waals surface area (Å²) in [6.07, 6.45) is 6.66. The van der Waals surface area contributed by atoms with Crippen LogP contribution in [-0.4, -0.2) is 23.5 Å². The van der Waals surface area contributed by atoms with Gasteiger partial charge in [-0.05, 0) is 83.8 Å². The molecule has 0 saturated heterocycles. The Hall–Kier alpha value is -1.79. The van der Waals surface area contributed by atoms with Gasteiger partial charge in [-0.25, -0.2) is 0 Å². The van der Waals surface area contributed by atoms with Crippen molar-refractivity contribution < 1.29 is 14.6 Å². The molecule has 0 fully saturated rings. The van der Waals surface area contributed by atoms with E-state index in [1.165, 1.54) is 16.7 Å². The molecule has 2 aliphatic rings. The molecule has 1 aromatic carbocycles. The summed E-state index contributed by atoms with van der Waals surface area (Å²) >= 11 is 0. The number of nitrogens with zero attached hydrogens (tertiary/aromatic N) is 1. The molecule has 2 atom stereocenters. The maximum Gasteiger partial charge on any atom is 0.192 e. The van der Waals surface area contributed by atoms with E-state index in [4.69, 9.17) is 9.41 Å². The highest BCUT2D eigenvalue weighted by Crippen LogP contribution is 2.52. The third kappa shape index (κ3) is 5.72.